The van der Waals surface area contributed by atoms with Crippen molar-refractivity contribution >= 4 is 17.6 Å². The van der Waals surface area contributed by atoms with Crippen molar-refractivity contribution in [1.29, 1.82) is 0 Å². The van der Waals surface area contributed by atoms with Crippen molar-refractivity contribution in [3.8, 4) is 22.7 Å². The first-order valence-corrected chi connectivity index (χ1v) is 9.37. The van der Waals surface area contributed by atoms with Crippen LogP contribution >= 0.6 is 0 Å². The lowest BCUT2D eigenvalue weighted by Crippen LogP contribution is -2.08. The molecular formula is C22H20FN3O3. The quantitative estimate of drug-likeness (QED) is 0.651. The summed E-state index contributed by atoms with van der Waals surface area (Å²) in [6.07, 6.45) is 1.99. The van der Waals surface area contributed by atoms with Gasteiger partial charge in [-0.3, -0.25) is 9.59 Å². The molecule has 0 unspecified atom stereocenters. The predicted octanol–water partition coefficient (Wildman–Crippen LogP) is 4.44. The zero-order chi connectivity index (χ0) is 20.5. The van der Waals surface area contributed by atoms with Crippen molar-refractivity contribution in [3.63, 3.8) is 0 Å². The highest BCUT2D eigenvalue weighted by atomic mass is 19.1. The van der Waals surface area contributed by atoms with Crippen molar-refractivity contribution in [2.75, 3.05) is 5.32 Å². The number of carbonyl (C=O) groups is 2. The second-order valence-electron chi connectivity index (χ2n) is 7.08. The number of anilines is 1. The molecule has 0 saturated heterocycles. The molecule has 148 valence electrons. The summed E-state index contributed by atoms with van der Waals surface area (Å²) in [6.45, 7) is 2.77. The number of carbonyl (C=O) groups excluding carboxylic acids is 2. The third-order valence-corrected chi connectivity index (χ3v) is 4.62. The minimum Gasteiger partial charge on any atom is -0.407 e. The predicted molar refractivity (Wildman–Crippen MR) is 107 cm³/mol. The van der Waals surface area contributed by atoms with Crippen molar-refractivity contribution in [2.45, 2.75) is 32.6 Å². The minimum absolute atomic E-state index is 0.157. The minimum atomic E-state index is -0.485. The van der Waals surface area contributed by atoms with Crippen LogP contribution in [0.25, 0.3) is 16.8 Å². The Labute approximate surface area is 167 Å². The Bertz CT molecular complexity index is 1090. The molecule has 0 atom stereocenters. The Morgan fingerprint density at radius 2 is 1.86 bits per heavy atom. The lowest BCUT2D eigenvalue weighted by atomic mass is 10.0. The van der Waals surface area contributed by atoms with E-state index in [0.29, 0.717) is 16.9 Å². The van der Waals surface area contributed by atoms with Crippen LogP contribution in [0.2, 0.25) is 0 Å². The summed E-state index contributed by atoms with van der Waals surface area (Å²) < 4.78 is 20.8. The van der Waals surface area contributed by atoms with Crippen LogP contribution in [0, 0.1) is 5.82 Å². The van der Waals surface area contributed by atoms with Crippen LogP contribution in [0.15, 0.2) is 48.5 Å². The Kier molecular flexibility index (Phi) is 4.88. The molecule has 3 aromatic rings. The first kappa shape index (κ1) is 18.9. The maximum absolute atomic E-state index is 13.8. The van der Waals surface area contributed by atoms with Gasteiger partial charge in [-0.05, 0) is 48.7 Å². The fourth-order valence-corrected chi connectivity index (χ4v) is 3.27. The molecule has 1 heterocycles. The van der Waals surface area contributed by atoms with Gasteiger partial charge < -0.3 is 10.1 Å². The van der Waals surface area contributed by atoms with Gasteiger partial charge in [-0.2, -0.15) is 9.78 Å². The molecule has 29 heavy (non-hydrogen) atoms. The normalized spacial score (nSPS) is 13.2. The van der Waals surface area contributed by atoms with Gasteiger partial charge in [0.2, 0.25) is 11.8 Å². The van der Waals surface area contributed by atoms with E-state index in [1.807, 2.05) is 12.1 Å². The van der Waals surface area contributed by atoms with E-state index in [0.717, 1.165) is 24.1 Å². The van der Waals surface area contributed by atoms with Gasteiger partial charge in [-0.25, -0.2) is 4.39 Å². The zero-order valence-electron chi connectivity index (χ0n) is 16.1. The molecule has 1 N–H and O–H groups in total. The van der Waals surface area contributed by atoms with E-state index in [2.05, 4.69) is 10.4 Å². The lowest BCUT2D eigenvalue weighted by molar-refractivity contribution is -0.132. The van der Waals surface area contributed by atoms with Gasteiger partial charge in [-0.1, -0.05) is 18.2 Å². The van der Waals surface area contributed by atoms with Gasteiger partial charge in [0.15, 0.2) is 0 Å². The van der Waals surface area contributed by atoms with Crippen LogP contribution in [0.5, 0.6) is 5.88 Å². The number of halogens is 1. The topological polar surface area (TPSA) is 73.2 Å². The average Bonchev–Trinajstić information content (AvgIpc) is 3.44. The molecule has 0 radical (unpaired) electrons. The highest BCUT2D eigenvalue weighted by Gasteiger charge is 2.34. The smallest absolute Gasteiger partial charge is 0.309 e. The molecule has 0 bridgehead atoms. The first-order valence-electron chi connectivity index (χ1n) is 9.37. The van der Waals surface area contributed by atoms with E-state index >= 15 is 0 Å². The van der Waals surface area contributed by atoms with Gasteiger partial charge in [-0.15, -0.1) is 0 Å². The van der Waals surface area contributed by atoms with Crippen molar-refractivity contribution in [3.05, 3.63) is 60.0 Å². The molecule has 7 heteroatoms. The number of hydrogen-bond acceptors (Lipinski definition) is 4. The Balaban J connectivity index is 1.87. The number of nitrogens with zero attached hydrogens (tertiary/aromatic N) is 2. The monoisotopic (exact) mass is 393 g/mol. The summed E-state index contributed by atoms with van der Waals surface area (Å²) in [5, 5.41) is 7.42. The molecule has 1 fully saturated rings. The van der Waals surface area contributed by atoms with E-state index in [1.165, 1.54) is 30.7 Å². The molecule has 4 rings (SSSR count). The van der Waals surface area contributed by atoms with Crippen LogP contribution < -0.4 is 10.1 Å². The maximum Gasteiger partial charge on any atom is 0.309 e. The molecule has 0 aliphatic heterocycles. The first-order chi connectivity index (χ1) is 13.9. The van der Waals surface area contributed by atoms with Gasteiger partial charge >= 0.3 is 5.97 Å². The molecule has 2 aromatic carbocycles. The van der Waals surface area contributed by atoms with E-state index < -0.39 is 11.8 Å². The third kappa shape index (κ3) is 4.03. The van der Waals surface area contributed by atoms with Crippen molar-refractivity contribution < 1.29 is 18.7 Å². The second-order valence-corrected chi connectivity index (χ2v) is 7.08. The van der Waals surface area contributed by atoms with Crippen LogP contribution in [0.1, 0.15) is 38.3 Å². The number of rotatable bonds is 5. The molecule has 1 saturated carbocycles. The van der Waals surface area contributed by atoms with Crippen molar-refractivity contribution in [1.82, 2.24) is 9.78 Å². The highest BCUT2D eigenvalue weighted by Crippen LogP contribution is 2.48. The number of ether oxygens (including phenoxy) is 1. The zero-order valence-corrected chi connectivity index (χ0v) is 16.1. The molecule has 1 aromatic heterocycles. The van der Waals surface area contributed by atoms with Crippen LogP contribution in [0.4, 0.5) is 10.1 Å². The molecular weight excluding hydrogens is 373 g/mol. The van der Waals surface area contributed by atoms with E-state index in [9.17, 15) is 14.0 Å². The summed E-state index contributed by atoms with van der Waals surface area (Å²) in [7, 11) is 0. The van der Waals surface area contributed by atoms with Crippen LogP contribution in [-0.4, -0.2) is 21.7 Å². The van der Waals surface area contributed by atoms with Crippen molar-refractivity contribution in [2.24, 2.45) is 0 Å². The fourth-order valence-electron chi connectivity index (χ4n) is 3.27. The van der Waals surface area contributed by atoms with Crippen LogP contribution in [-0.2, 0) is 9.59 Å². The standard InChI is InChI=1S/C22H20FN3O3/c1-13(27)24-18-10-8-15(9-11-18)20-21(16-6-7-16)25-26(22(20)29-14(2)28)19-5-3-4-17(23)12-19/h3-5,8-12,16H,6-7H2,1-2H3,(H,24,27). The van der Waals surface area contributed by atoms with Gasteiger partial charge in [0.25, 0.3) is 0 Å². The fraction of sp³-hybridized carbons (Fsp3) is 0.227. The number of benzene rings is 2. The molecule has 1 aliphatic rings. The lowest BCUT2D eigenvalue weighted by Gasteiger charge is -2.10. The number of nitrogens with one attached hydrogen (secondary N) is 1. The number of aromatic nitrogens is 2. The summed E-state index contributed by atoms with van der Waals surface area (Å²) >= 11 is 0. The largest absolute Gasteiger partial charge is 0.407 e. The number of amides is 1. The molecule has 1 aliphatic carbocycles. The Morgan fingerprint density at radius 1 is 1.14 bits per heavy atom. The van der Waals surface area contributed by atoms with Gasteiger partial charge in [0.05, 0.1) is 16.9 Å². The summed E-state index contributed by atoms with van der Waals surface area (Å²) in [5.41, 5.74) is 3.48. The van der Waals surface area contributed by atoms with E-state index in [-0.39, 0.29) is 17.7 Å². The Morgan fingerprint density at radius 3 is 2.45 bits per heavy atom. The molecule has 6 nitrogen and oxygen atoms in total. The molecule has 1 amide bonds. The summed E-state index contributed by atoms with van der Waals surface area (Å²) in [6, 6.07) is 13.2. The van der Waals surface area contributed by atoms with E-state index in [1.54, 1.807) is 24.3 Å². The third-order valence-electron chi connectivity index (χ3n) is 4.62. The highest BCUT2D eigenvalue weighted by molar-refractivity contribution is 5.89. The second kappa shape index (κ2) is 7.50. The van der Waals surface area contributed by atoms with Gasteiger partial charge in [0.1, 0.15) is 5.82 Å². The van der Waals surface area contributed by atoms with E-state index in [4.69, 9.17) is 4.74 Å². The summed E-state index contributed by atoms with van der Waals surface area (Å²) in [4.78, 5) is 23.1. The molecule has 0 spiro atoms. The summed E-state index contributed by atoms with van der Waals surface area (Å²) in [5.74, 6) is -0.515. The Hall–Kier alpha value is -3.48. The SMILES string of the molecule is CC(=O)Nc1ccc(-c2c(C3CC3)nn(-c3cccc(F)c3)c2OC(C)=O)cc1. The van der Waals surface area contributed by atoms with Gasteiger partial charge in [0, 0.05) is 25.5 Å². The maximum atomic E-state index is 13.8. The average molecular weight is 393 g/mol. The number of esters is 1. The number of hydrogen-bond donors (Lipinski definition) is 1. The van der Waals surface area contributed by atoms with Crippen LogP contribution in [0.3, 0.4) is 0 Å².